The van der Waals surface area contributed by atoms with Crippen LogP contribution < -0.4 is 5.73 Å². The summed E-state index contributed by atoms with van der Waals surface area (Å²) < 4.78 is 0. The predicted molar refractivity (Wildman–Crippen MR) is 76.4 cm³/mol. The molecule has 1 aromatic carbocycles. The molecule has 1 aliphatic heterocycles. The number of carbonyl (C=O) groups excluding carboxylic acids is 1. The molecular weight excluding hydrogens is 256 g/mol. The van der Waals surface area contributed by atoms with Gasteiger partial charge in [-0.1, -0.05) is 13.0 Å². The van der Waals surface area contributed by atoms with Crippen molar-refractivity contribution in [1.82, 2.24) is 4.90 Å². The van der Waals surface area contributed by atoms with Crippen LogP contribution in [0.4, 0.5) is 5.69 Å². The highest BCUT2D eigenvalue weighted by Gasteiger charge is 2.42. The monoisotopic (exact) mass is 276 g/mol. The Morgan fingerprint density at radius 2 is 2.20 bits per heavy atom. The van der Waals surface area contributed by atoms with Crippen LogP contribution >= 0.6 is 0 Å². The molecule has 1 atom stereocenters. The summed E-state index contributed by atoms with van der Waals surface area (Å²) in [6, 6.07) is 6.80. The van der Waals surface area contributed by atoms with Gasteiger partial charge in [0.15, 0.2) is 0 Å². The number of hydrogen-bond acceptors (Lipinski definition) is 3. The molecule has 0 aromatic heterocycles. The van der Waals surface area contributed by atoms with Gasteiger partial charge in [-0.3, -0.25) is 9.59 Å². The Morgan fingerprint density at radius 1 is 1.45 bits per heavy atom. The lowest BCUT2D eigenvalue weighted by Crippen LogP contribution is -2.49. The number of nitrogens with zero attached hydrogens (tertiary/aromatic N) is 1. The summed E-state index contributed by atoms with van der Waals surface area (Å²) >= 11 is 0. The van der Waals surface area contributed by atoms with E-state index in [1.165, 1.54) is 0 Å². The zero-order valence-corrected chi connectivity index (χ0v) is 11.6. The van der Waals surface area contributed by atoms with Gasteiger partial charge in [0.25, 0.3) is 5.91 Å². The van der Waals surface area contributed by atoms with E-state index in [0.717, 1.165) is 0 Å². The number of benzene rings is 1. The molecule has 1 unspecified atom stereocenters. The van der Waals surface area contributed by atoms with Gasteiger partial charge in [-0.25, -0.2) is 0 Å². The summed E-state index contributed by atoms with van der Waals surface area (Å²) in [5.74, 6) is -0.957. The quantitative estimate of drug-likeness (QED) is 0.827. The van der Waals surface area contributed by atoms with Crippen LogP contribution in [0.2, 0.25) is 0 Å². The summed E-state index contributed by atoms with van der Waals surface area (Å²) in [7, 11) is 0. The largest absolute Gasteiger partial charge is 0.481 e. The Labute approximate surface area is 118 Å². The number of anilines is 1. The van der Waals surface area contributed by atoms with E-state index < -0.39 is 11.4 Å². The SMILES string of the molecule is CCC1(C(=O)O)CCCN(C(=O)c2cccc(N)c2)C1. The van der Waals surface area contributed by atoms with Gasteiger partial charge in [-0.05, 0) is 37.5 Å². The van der Waals surface area contributed by atoms with Crippen molar-refractivity contribution in [1.29, 1.82) is 0 Å². The van der Waals surface area contributed by atoms with Crippen LogP contribution in [0.15, 0.2) is 24.3 Å². The number of carbonyl (C=O) groups is 2. The highest BCUT2D eigenvalue weighted by Crippen LogP contribution is 2.34. The first-order valence-corrected chi connectivity index (χ1v) is 6.87. The highest BCUT2D eigenvalue weighted by molar-refractivity contribution is 5.95. The molecule has 3 N–H and O–H groups in total. The van der Waals surface area contributed by atoms with E-state index >= 15 is 0 Å². The number of piperidine rings is 1. The van der Waals surface area contributed by atoms with E-state index in [-0.39, 0.29) is 12.5 Å². The van der Waals surface area contributed by atoms with Gasteiger partial charge in [0, 0.05) is 24.3 Å². The first kappa shape index (κ1) is 14.4. The number of aliphatic carboxylic acids is 1. The van der Waals surface area contributed by atoms with Crippen molar-refractivity contribution < 1.29 is 14.7 Å². The van der Waals surface area contributed by atoms with Crippen molar-refractivity contribution >= 4 is 17.6 Å². The summed E-state index contributed by atoms with van der Waals surface area (Å²) in [5, 5.41) is 9.45. The molecule has 0 spiro atoms. The minimum atomic E-state index is -0.815. The lowest BCUT2D eigenvalue weighted by atomic mass is 9.77. The van der Waals surface area contributed by atoms with E-state index in [0.29, 0.717) is 37.1 Å². The zero-order chi connectivity index (χ0) is 14.8. The molecule has 0 saturated carbocycles. The number of nitrogen functional groups attached to an aromatic ring is 1. The topological polar surface area (TPSA) is 83.6 Å². The first-order chi connectivity index (χ1) is 9.48. The predicted octanol–water partition coefficient (Wildman–Crippen LogP) is 1.99. The maximum Gasteiger partial charge on any atom is 0.311 e. The van der Waals surface area contributed by atoms with E-state index in [9.17, 15) is 14.7 Å². The number of carboxylic acid groups (broad SMARTS) is 1. The summed E-state index contributed by atoms with van der Waals surface area (Å²) in [5.41, 5.74) is 5.93. The van der Waals surface area contributed by atoms with Crippen molar-refractivity contribution in [3.05, 3.63) is 29.8 Å². The van der Waals surface area contributed by atoms with Crippen LogP contribution in [-0.4, -0.2) is 35.0 Å². The van der Waals surface area contributed by atoms with E-state index in [2.05, 4.69) is 0 Å². The molecule has 5 heteroatoms. The number of rotatable bonds is 3. The summed E-state index contributed by atoms with van der Waals surface area (Å²) in [6.07, 6.45) is 1.87. The molecule has 1 aliphatic rings. The average Bonchev–Trinajstić information content (AvgIpc) is 2.46. The lowest BCUT2D eigenvalue weighted by Gasteiger charge is -2.39. The molecule has 5 nitrogen and oxygen atoms in total. The third-order valence-electron chi connectivity index (χ3n) is 4.13. The fraction of sp³-hybridized carbons (Fsp3) is 0.467. The molecule has 20 heavy (non-hydrogen) atoms. The standard InChI is InChI=1S/C15H20N2O3/c1-2-15(14(19)20)7-4-8-17(10-15)13(18)11-5-3-6-12(16)9-11/h3,5-6,9H,2,4,7-8,10,16H2,1H3,(H,19,20). The van der Waals surface area contributed by atoms with Crippen LogP contribution in [-0.2, 0) is 4.79 Å². The molecule has 2 rings (SSSR count). The Balaban J connectivity index is 2.21. The maximum atomic E-state index is 12.5. The second-order valence-electron chi connectivity index (χ2n) is 5.39. The molecule has 1 heterocycles. The van der Waals surface area contributed by atoms with E-state index in [1.807, 2.05) is 6.92 Å². The fourth-order valence-corrected chi connectivity index (χ4v) is 2.77. The molecule has 0 bridgehead atoms. The molecule has 0 aliphatic carbocycles. The van der Waals surface area contributed by atoms with Gasteiger partial charge >= 0.3 is 5.97 Å². The second kappa shape index (κ2) is 5.53. The van der Waals surface area contributed by atoms with Crippen molar-refractivity contribution in [3.63, 3.8) is 0 Å². The van der Waals surface area contributed by atoms with Gasteiger partial charge < -0.3 is 15.7 Å². The van der Waals surface area contributed by atoms with Gasteiger partial charge in [0.05, 0.1) is 5.41 Å². The van der Waals surface area contributed by atoms with Crippen molar-refractivity contribution in [3.8, 4) is 0 Å². The van der Waals surface area contributed by atoms with E-state index in [1.54, 1.807) is 29.2 Å². The molecular formula is C15H20N2O3. The lowest BCUT2D eigenvalue weighted by molar-refractivity contribution is -0.152. The van der Waals surface area contributed by atoms with Crippen LogP contribution in [0.25, 0.3) is 0 Å². The van der Waals surface area contributed by atoms with Crippen molar-refractivity contribution in [2.45, 2.75) is 26.2 Å². The number of amides is 1. The third kappa shape index (κ3) is 2.61. The van der Waals surface area contributed by atoms with Crippen LogP contribution in [0.1, 0.15) is 36.5 Å². The normalized spacial score (nSPS) is 22.6. The smallest absolute Gasteiger partial charge is 0.311 e. The number of likely N-dealkylation sites (tertiary alicyclic amines) is 1. The second-order valence-corrected chi connectivity index (χ2v) is 5.39. The third-order valence-corrected chi connectivity index (χ3v) is 4.13. The van der Waals surface area contributed by atoms with Crippen molar-refractivity contribution in [2.75, 3.05) is 18.8 Å². The molecule has 1 saturated heterocycles. The molecule has 1 aromatic rings. The number of nitrogens with two attached hydrogens (primary N) is 1. The van der Waals surface area contributed by atoms with Crippen LogP contribution in [0, 0.1) is 5.41 Å². The van der Waals surface area contributed by atoms with Crippen LogP contribution in [0.3, 0.4) is 0 Å². The first-order valence-electron chi connectivity index (χ1n) is 6.87. The zero-order valence-electron chi connectivity index (χ0n) is 11.6. The minimum Gasteiger partial charge on any atom is -0.481 e. The molecule has 108 valence electrons. The average molecular weight is 276 g/mol. The molecule has 0 radical (unpaired) electrons. The Kier molecular flexibility index (Phi) is 3.97. The number of hydrogen-bond donors (Lipinski definition) is 2. The van der Waals surface area contributed by atoms with Gasteiger partial charge in [0.1, 0.15) is 0 Å². The fourth-order valence-electron chi connectivity index (χ4n) is 2.77. The maximum absolute atomic E-state index is 12.5. The Hall–Kier alpha value is -2.04. The van der Waals surface area contributed by atoms with Crippen LogP contribution in [0.5, 0.6) is 0 Å². The molecule has 1 fully saturated rings. The van der Waals surface area contributed by atoms with E-state index in [4.69, 9.17) is 5.73 Å². The van der Waals surface area contributed by atoms with Gasteiger partial charge in [-0.2, -0.15) is 0 Å². The Morgan fingerprint density at radius 3 is 2.80 bits per heavy atom. The highest BCUT2D eigenvalue weighted by atomic mass is 16.4. The van der Waals surface area contributed by atoms with Gasteiger partial charge in [0.2, 0.25) is 0 Å². The minimum absolute atomic E-state index is 0.143. The van der Waals surface area contributed by atoms with Gasteiger partial charge in [-0.15, -0.1) is 0 Å². The summed E-state index contributed by atoms with van der Waals surface area (Å²) in [6.45, 7) is 2.73. The summed E-state index contributed by atoms with van der Waals surface area (Å²) in [4.78, 5) is 25.6. The number of carboxylic acids is 1. The molecule has 1 amide bonds. The van der Waals surface area contributed by atoms with Crippen molar-refractivity contribution in [2.24, 2.45) is 5.41 Å². The Bertz CT molecular complexity index is 530.